The molecule has 0 rings (SSSR count). The molecule has 0 radical (unpaired) electrons. The largest absolute Gasteiger partial charge is 0.210 e. The van der Waals surface area contributed by atoms with Gasteiger partial charge < -0.3 is 0 Å². The Morgan fingerprint density at radius 1 is 1.67 bits per heavy atom. The summed E-state index contributed by atoms with van der Waals surface area (Å²) in [6.07, 6.45) is 0. The highest BCUT2D eigenvalue weighted by Gasteiger charge is 2.10. The van der Waals surface area contributed by atoms with Crippen LogP contribution in [0, 0.1) is 0 Å². The topological polar surface area (TPSA) is 0 Å². The molecule has 0 fully saturated rings. The van der Waals surface area contributed by atoms with Crippen LogP contribution >= 0.6 is 43.6 Å². The Morgan fingerprint density at radius 3 is 1.83 bits per heavy atom. The molecule has 0 N–H and O–H groups in total. The van der Waals surface area contributed by atoms with Gasteiger partial charge in [-0.1, -0.05) is 49.3 Å². The molecular weight excluding hydrogens is 318 g/mol. The van der Waals surface area contributed by atoms with Gasteiger partial charge in [0, 0.05) is 0 Å². The van der Waals surface area contributed by atoms with Crippen LogP contribution in [-0.2, 0) is 0 Å². The highest BCUT2D eigenvalue weighted by Crippen LogP contribution is 2.20. The molecule has 36 valence electrons. The molecule has 0 atom stereocenters. The van der Waals surface area contributed by atoms with Gasteiger partial charge in [-0.05, 0) is 6.55 Å². The SMILES string of the molecule is C=C[Si](C)(I)I. The van der Waals surface area contributed by atoms with Crippen molar-refractivity contribution in [1.29, 1.82) is 0 Å². The smallest absolute Gasteiger partial charge is 0.105 e. The van der Waals surface area contributed by atoms with Crippen LogP contribution in [0.5, 0.6) is 0 Å². The molecule has 0 bridgehead atoms. The highest BCUT2D eigenvalue weighted by atomic mass is 127. The average Bonchev–Trinajstić information content (AvgIpc) is 1.35. The Labute approximate surface area is 64.8 Å². The molecule has 0 aliphatic carbocycles. The van der Waals surface area contributed by atoms with Gasteiger partial charge in [-0.15, -0.1) is 6.58 Å². The van der Waals surface area contributed by atoms with E-state index < -0.39 is 3.07 Å². The normalized spacial score (nSPS) is 11.2. The first-order chi connectivity index (χ1) is 2.56. The number of rotatable bonds is 1. The second-order valence-electron chi connectivity index (χ2n) is 1.16. The summed E-state index contributed by atoms with van der Waals surface area (Å²) in [6.45, 7) is 5.92. The molecule has 0 unspecified atom stereocenters. The van der Waals surface area contributed by atoms with Crippen molar-refractivity contribution in [2.24, 2.45) is 0 Å². The molecule has 0 saturated carbocycles. The standard InChI is InChI=1S/C3H6I2Si/c1-3-6(2,4)5/h3H,1H2,2H3. The predicted octanol–water partition coefficient (Wildman–Crippen LogP) is 2.65. The molecule has 0 aromatic rings. The van der Waals surface area contributed by atoms with Gasteiger partial charge in [0.25, 0.3) is 0 Å². The van der Waals surface area contributed by atoms with Gasteiger partial charge in [0.2, 0.25) is 3.07 Å². The van der Waals surface area contributed by atoms with E-state index in [0.29, 0.717) is 0 Å². The van der Waals surface area contributed by atoms with Crippen molar-refractivity contribution in [2.45, 2.75) is 6.55 Å². The van der Waals surface area contributed by atoms with E-state index >= 15 is 0 Å². The van der Waals surface area contributed by atoms with Gasteiger partial charge in [-0.3, -0.25) is 0 Å². The second-order valence-corrected chi connectivity index (χ2v) is 23.1. The fourth-order valence-corrected chi connectivity index (χ4v) is 0. The van der Waals surface area contributed by atoms with Crippen LogP contribution in [0.25, 0.3) is 0 Å². The van der Waals surface area contributed by atoms with Crippen molar-refractivity contribution in [1.82, 2.24) is 0 Å². The Morgan fingerprint density at radius 2 is 1.83 bits per heavy atom. The molecule has 6 heavy (non-hydrogen) atoms. The predicted molar refractivity (Wildman–Crippen MR) is 49.9 cm³/mol. The minimum atomic E-state index is -0.927. The number of halogens is 2. The van der Waals surface area contributed by atoms with Crippen molar-refractivity contribution in [3.05, 3.63) is 12.3 Å². The summed E-state index contributed by atoms with van der Waals surface area (Å²) in [6, 6.07) is 0. The van der Waals surface area contributed by atoms with E-state index in [1.54, 1.807) is 0 Å². The van der Waals surface area contributed by atoms with E-state index in [-0.39, 0.29) is 0 Å². The molecule has 0 saturated heterocycles. The summed E-state index contributed by atoms with van der Waals surface area (Å²) in [5.74, 6) is 0. The summed E-state index contributed by atoms with van der Waals surface area (Å²) in [5.41, 5.74) is 2.05. The van der Waals surface area contributed by atoms with E-state index in [0.717, 1.165) is 0 Å². The van der Waals surface area contributed by atoms with E-state index in [9.17, 15) is 0 Å². The third-order valence-electron chi connectivity index (χ3n) is 0.358. The summed E-state index contributed by atoms with van der Waals surface area (Å²) < 4.78 is -0.927. The third-order valence-corrected chi connectivity index (χ3v) is 3.72. The first-order valence-electron chi connectivity index (χ1n) is 1.57. The van der Waals surface area contributed by atoms with Gasteiger partial charge in [0.1, 0.15) is 0 Å². The number of hydrogen-bond acceptors (Lipinski definition) is 0. The monoisotopic (exact) mass is 324 g/mol. The maximum atomic E-state index is 3.68. The Kier molecular flexibility index (Phi) is 3.29. The zero-order chi connectivity index (χ0) is 5.21. The summed E-state index contributed by atoms with van der Waals surface area (Å²) >= 11 is 4.90. The molecule has 0 aliphatic heterocycles. The third kappa shape index (κ3) is 5.42. The molecule has 0 spiro atoms. The molecule has 0 nitrogen and oxygen atoms in total. The molecule has 0 aliphatic rings. The fourth-order valence-electron chi connectivity index (χ4n) is 0. The van der Waals surface area contributed by atoms with E-state index in [4.69, 9.17) is 0 Å². The van der Waals surface area contributed by atoms with Crippen molar-refractivity contribution >= 4 is 46.7 Å². The average molecular weight is 324 g/mol. The first kappa shape index (κ1) is 7.42. The molecule has 0 aromatic heterocycles. The van der Waals surface area contributed by atoms with Gasteiger partial charge >= 0.3 is 0 Å². The van der Waals surface area contributed by atoms with Crippen LogP contribution in [-0.4, -0.2) is 3.07 Å². The van der Waals surface area contributed by atoms with Gasteiger partial charge in [-0.2, -0.15) is 0 Å². The lowest BCUT2D eigenvalue weighted by atomic mass is 11.3. The van der Waals surface area contributed by atoms with Gasteiger partial charge in [-0.25, -0.2) is 0 Å². The van der Waals surface area contributed by atoms with Gasteiger partial charge in [0.15, 0.2) is 0 Å². The van der Waals surface area contributed by atoms with Crippen LogP contribution in [0.2, 0.25) is 6.55 Å². The van der Waals surface area contributed by atoms with Crippen LogP contribution in [0.15, 0.2) is 12.3 Å². The lowest BCUT2D eigenvalue weighted by molar-refractivity contribution is 2.24. The molecular formula is C3H6I2Si. The first-order valence-corrected chi connectivity index (χ1v) is 10.4. The number of hydrogen-bond donors (Lipinski definition) is 0. The van der Waals surface area contributed by atoms with Crippen LogP contribution in [0.4, 0.5) is 0 Å². The highest BCUT2D eigenvalue weighted by molar-refractivity contribution is 14.3. The van der Waals surface area contributed by atoms with Crippen LogP contribution in [0.3, 0.4) is 0 Å². The quantitative estimate of drug-likeness (QED) is 0.395. The zero-order valence-electron chi connectivity index (χ0n) is 3.54. The Bertz CT molecular complexity index is 54.3. The molecule has 0 amide bonds. The molecule has 3 heteroatoms. The summed E-state index contributed by atoms with van der Waals surface area (Å²) in [5, 5.41) is 0. The van der Waals surface area contributed by atoms with Crippen LogP contribution < -0.4 is 0 Å². The maximum Gasteiger partial charge on any atom is 0.210 e. The lowest BCUT2D eigenvalue weighted by Crippen LogP contribution is -2.03. The van der Waals surface area contributed by atoms with E-state index in [2.05, 4.69) is 56.7 Å². The molecule has 0 aromatic carbocycles. The van der Waals surface area contributed by atoms with Crippen LogP contribution in [0.1, 0.15) is 0 Å². The van der Waals surface area contributed by atoms with E-state index in [1.807, 2.05) is 5.70 Å². The van der Waals surface area contributed by atoms with Crippen molar-refractivity contribution < 1.29 is 0 Å². The van der Waals surface area contributed by atoms with Crippen molar-refractivity contribution in [3.8, 4) is 0 Å². The van der Waals surface area contributed by atoms with E-state index in [1.165, 1.54) is 0 Å². The second kappa shape index (κ2) is 2.66. The zero-order valence-corrected chi connectivity index (χ0v) is 8.86. The summed E-state index contributed by atoms with van der Waals surface area (Å²) in [7, 11) is 0. The molecule has 0 heterocycles. The van der Waals surface area contributed by atoms with Gasteiger partial charge in [0.05, 0.1) is 0 Å². The summed E-state index contributed by atoms with van der Waals surface area (Å²) in [4.78, 5) is 0. The minimum absolute atomic E-state index is 0.927. The lowest BCUT2D eigenvalue weighted by Gasteiger charge is -1.98. The fraction of sp³-hybridized carbons (Fsp3) is 0.333. The minimum Gasteiger partial charge on any atom is -0.105 e. The Hall–Kier alpha value is 1.42. The van der Waals surface area contributed by atoms with Crippen molar-refractivity contribution in [3.63, 3.8) is 0 Å². The maximum absolute atomic E-state index is 3.68. The van der Waals surface area contributed by atoms with Crippen molar-refractivity contribution in [2.75, 3.05) is 0 Å². The Balaban J connectivity index is 3.45.